The van der Waals surface area contributed by atoms with Gasteiger partial charge in [-0.15, -0.1) is 11.3 Å². The summed E-state index contributed by atoms with van der Waals surface area (Å²) in [5.41, 5.74) is 1.86. The van der Waals surface area contributed by atoms with Gasteiger partial charge in [0.1, 0.15) is 0 Å². The zero-order valence-corrected chi connectivity index (χ0v) is 17.5. The molecule has 1 aromatic heterocycles. The Kier molecular flexibility index (Phi) is 4.82. The molecule has 0 saturated heterocycles. The first kappa shape index (κ1) is 19.2. The first-order valence-corrected chi connectivity index (χ1v) is 10.3. The Morgan fingerprint density at radius 1 is 0.821 bits per heavy atom. The van der Waals surface area contributed by atoms with Crippen molar-refractivity contribution >= 4 is 44.5 Å². The number of thiophene rings is 1. The topological polar surface area (TPSA) is 29.5 Å². The van der Waals surface area contributed by atoms with Crippen LogP contribution in [0.2, 0.25) is 0 Å². The zero-order valence-electron chi connectivity index (χ0n) is 16.7. The van der Waals surface area contributed by atoms with E-state index in [1.807, 2.05) is 19.9 Å². The molecule has 0 fully saturated rings. The quantitative estimate of drug-likeness (QED) is 0.456. The zero-order chi connectivity index (χ0) is 19.9. The van der Waals surface area contributed by atoms with Gasteiger partial charge in [0.2, 0.25) is 0 Å². The fraction of sp³-hybridized carbons (Fsp3) is 0.250. The van der Waals surface area contributed by atoms with E-state index in [0.717, 1.165) is 5.46 Å². The third kappa shape index (κ3) is 3.48. The Labute approximate surface area is 171 Å². The molecular formula is C24H24BO2S. The number of fused-ring (bicyclic) bond motifs is 3. The van der Waals surface area contributed by atoms with Gasteiger partial charge < -0.3 is 9.76 Å². The third-order valence-corrected chi connectivity index (χ3v) is 6.82. The smallest absolute Gasteiger partial charge is 0.332 e. The molecular weight excluding hydrogens is 363 g/mol. The van der Waals surface area contributed by atoms with Crippen molar-refractivity contribution in [3.05, 3.63) is 66.7 Å². The average molecular weight is 387 g/mol. The van der Waals surface area contributed by atoms with E-state index in [1.54, 1.807) is 32.7 Å². The summed E-state index contributed by atoms with van der Waals surface area (Å²) < 4.78 is 8.47. The Morgan fingerprint density at radius 3 is 2.29 bits per heavy atom. The summed E-state index contributed by atoms with van der Waals surface area (Å²) in [6.45, 7) is 7.35. The molecule has 2 nitrogen and oxygen atoms in total. The number of hydrogen-bond donors (Lipinski definition) is 1. The minimum absolute atomic E-state index is 0.688. The first-order chi connectivity index (χ1) is 13.3. The molecule has 141 valence electrons. The molecule has 1 heterocycles. The van der Waals surface area contributed by atoms with Crippen LogP contribution in [0, 0.1) is 0 Å². The van der Waals surface area contributed by atoms with E-state index in [4.69, 9.17) is 4.65 Å². The molecule has 28 heavy (non-hydrogen) atoms. The molecule has 0 amide bonds. The van der Waals surface area contributed by atoms with Crippen LogP contribution in [0.15, 0.2) is 66.7 Å². The van der Waals surface area contributed by atoms with Crippen molar-refractivity contribution in [1.29, 1.82) is 0 Å². The van der Waals surface area contributed by atoms with Crippen molar-refractivity contribution in [1.82, 2.24) is 0 Å². The molecule has 0 aliphatic carbocycles. The van der Waals surface area contributed by atoms with Gasteiger partial charge in [0.25, 0.3) is 0 Å². The summed E-state index contributed by atoms with van der Waals surface area (Å²) in [4.78, 5) is 0. The SMILES string of the molecule is CC(C)(O)C(C)(C)O[B]c1cccc2c1sc1ccc(-c3ccccc3)cc12. The van der Waals surface area contributed by atoms with E-state index in [2.05, 4.69) is 60.7 Å². The summed E-state index contributed by atoms with van der Waals surface area (Å²) in [6.07, 6.45) is 0. The van der Waals surface area contributed by atoms with Crippen molar-refractivity contribution in [3.63, 3.8) is 0 Å². The van der Waals surface area contributed by atoms with E-state index in [9.17, 15) is 5.11 Å². The van der Waals surface area contributed by atoms with Gasteiger partial charge in [-0.1, -0.05) is 54.6 Å². The van der Waals surface area contributed by atoms with Crippen LogP contribution in [0.1, 0.15) is 27.7 Å². The molecule has 1 N–H and O–H groups in total. The van der Waals surface area contributed by atoms with Gasteiger partial charge in [-0.05, 0) is 61.8 Å². The van der Waals surface area contributed by atoms with E-state index in [0.29, 0.717) is 0 Å². The van der Waals surface area contributed by atoms with E-state index in [1.165, 1.54) is 31.3 Å². The molecule has 0 atom stereocenters. The van der Waals surface area contributed by atoms with Crippen LogP contribution >= 0.6 is 11.3 Å². The minimum atomic E-state index is -0.942. The predicted molar refractivity (Wildman–Crippen MR) is 122 cm³/mol. The molecule has 4 rings (SSSR count). The second-order valence-corrected chi connectivity index (χ2v) is 9.26. The molecule has 0 aliphatic rings. The highest BCUT2D eigenvalue weighted by molar-refractivity contribution is 7.27. The fourth-order valence-corrected chi connectivity index (χ4v) is 4.24. The first-order valence-electron chi connectivity index (χ1n) is 9.50. The van der Waals surface area contributed by atoms with Gasteiger partial charge >= 0.3 is 7.48 Å². The molecule has 4 heteroatoms. The summed E-state index contributed by atoms with van der Waals surface area (Å²) in [5, 5.41) is 12.8. The molecule has 4 aromatic rings. The number of rotatable bonds is 5. The van der Waals surface area contributed by atoms with Crippen LogP contribution in [0.4, 0.5) is 0 Å². The van der Waals surface area contributed by atoms with Gasteiger partial charge in [-0.3, -0.25) is 0 Å². The van der Waals surface area contributed by atoms with Gasteiger partial charge in [0.05, 0.1) is 11.2 Å². The highest BCUT2D eigenvalue weighted by Gasteiger charge is 2.35. The lowest BCUT2D eigenvalue weighted by Gasteiger charge is -2.37. The summed E-state index contributed by atoms with van der Waals surface area (Å²) in [7, 11) is 1.79. The van der Waals surface area contributed by atoms with Gasteiger partial charge in [0.15, 0.2) is 0 Å². The van der Waals surface area contributed by atoms with Crippen molar-refractivity contribution in [2.75, 3.05) is 0 Å². The molecule has 0 saturated carbocycles. The molecule has 3 aromatic carbocycles. The van der Waals surface area contributed by atoms with Gasteiger partial charge in [0, 0.05) is 14.8 Å². The normalized spacial score (nSPS) is 12.6. The second-order valence-electron chi connectivity index (χ2n) is 8.21. The lowest BCUT2D eigenvalue weighted by atomic mass is 9.82. The second kappa shape index (κ2) is 7.04. The molecule has 1 radical (unpaired) electrons. The van der Waals surface area contributed by atoms with E-state index in [-0.39, 0.29) is 0 Å². The number of benzene rings is 3. The maximum atomic E-state index is 10.3. The van der Waals surface area contributed by atoms with E-state index >= 15 is 0 Å². The van der Waals surface area contributed by atoms with E-state index < -0.39 is 11.2 Å². The Bertz CT molecular complexity index is 1120. The Balaban J connectivity index is 1.74. The fourth-order valence-electron chi connectivity index (χ4n) is 3.08. The maximum absolute atomic E-state index is 10.3. The van der Waals surface area contributed by atoms with Crippen LogP contribution in [0.5, 0.6) is 0 Å². The average Bonchev–Trinajstić information content (AvgIpc) is 3.04. The van der Waals surface area contributed by atoms with Crippen molar-refractivity contribution in [2.24, 2.45) is 0 Å². The highest BCUT2D eigenvalue weighted by Crippen LogP contribution is 2.35. The van der Waals surface area contributed by atoms with Crippen LogP contribution in [-0.4, -0.2) is 23.8 Å². The summed E-state index contributed by atoms with van der Waals surface area (Å²) >= 11 is 1.78. The maximum Gasteiger partial charge on any atom is 0.332 e. The lowest BCUT2D eigenvalue weighted by molar-refractivity contribution is -0.0893. The lowest BCUT2D eigenvalue weighted by Crippen LogP contribution is -2.49. The Hall–Kier alpha value is -2.14. The van der Waals surface area contributed by atoms with Crippen LogP contribution < -0.4 is 5.46 Å². The largest absolute Gasteiger partial charge is 0.427 e. The summed E-state index contributed by atoms with van der Waals surface area (Å²) in [5.74, 6) is 0. The van der Waals surface area contributed by atoms with Crippen molar-refractivity contribution in [2.45, 2.75) is 38.9 Å². The highest BCUT2D eigenvalue weighted by atomic mass is 32.1. The Morgan fingerprint density at radius 2 is 1.57 bits per heavy atom. The van der Waals surface area contributed by atoms with Crippen LogP contribution in [0.3, 0.4) is 0 Å². The predicted octanol–water partition coefficient (Wildman–Crippen LogP) is 5.53. The monoisotopic (exact) mass is 387 g/mol. The van der Waals surface area contributed by atoms with Gasteiger partial charge in [-0.25, -0.2) is 0 Å². The minimum Gasteiger partial charge on any atom is -0.427 e. The van der Waals surface area contributed by atoms with Crippen molar-refractivity contribution in [3.8, 4) is 11.1 Å². The van der Waals surface area contributed by atoms with Crippen LogP contribution in [0.25, 0.3) is 31.3 Å². The molecule has 0 aliphatic heterocycles. The number of hydrogen-bond acceptors (Lipinski definition) is 3. The van der Waals surface area contributed by atoms with Gasteiger partial charge in [-0.2, -0.15) is 0 Å². The number of aliphatic hydroxyl groups is 1. The summed E-state index contributed by atoms with van der Waals surface area (Å²) in [6, 6.07) is 23.4. The molecule has 0 spiro atoms. The van der Waals surface area contributed by atoms with Crippen molar-refractivity contribution < 1.29 is 9.76 Å². The molecule has 0 unspecified atom stereocenters. The third-order valence-electron chi connectivity index (χ3n) is 5.59. The molecule has 0 bridgehead atoms. The van der Waals surface area contributed by atoms with Crippen LogP contribution in [-0.2, 0) is 4.65 Å². The standard InChI is InChI=1S/C24H24BO2S/c1-23(2,26)24(3,4)27-25-20-12-8-11-18-19-15-17(16-9-6-5-7-10-16)13-14-21(19)28-22(18)20/h5-15,26H,1-4H3.